The summed E-state index contributed by atoms with van der Waals surface area (Å²) >= 11 is 0. The van der Waals surface area contributed by atoms with Crippen LogP contribution in [0.1, 0.15) is 18.0 Å². The molecular weight excluding hydrogens is 231 g/mol. The third-order valence-electron chi connectivity index (χ3n) is 1.86. The van der Waals surface area contributed by atoms with Crippen LogP contribution < -0.4 is 5.73 Å². The van der Waals surface area contributed by atoms with E-state index in [4.69, 9.17) is 10.8 Å². The molecule has 0 aromatic heterocycles. The quantitative estimate of drug-likeness (QED) is 0.794. The minimum atomic E-state index is -1.27. The molecule has 1 aromatic carbocycles. The fraction of sp³-hybridized carbons (Fsp3) is 0.333. The number of halogens is 4. The molecule has 0 spiro atoms. The maximum absolute atomic E-state index is 13.1. The highest BCUT2D eigenvalue weighted by Gasteiger charge is 2.16. The summed E-state index contributed by atoms with van der Waals surface area (Å²) in [5, 5.41) is 8.54. The minimum absolute atomic E-state index is 0. The van der Waals surface area contributed by atoms with Gasteiger partial charge in [0.15, 0.2) is 11.6 Å². The number of aliphatic hydroxyl groups is 1. The van der Waals surface area contributed by atoms with Gasteiger partial charge in [-0.1, -0.05) is 0 Å². The average molecular weight is 242 g/mol. The second kappa shape index (κ2) is 5.95. The number of aliphatic hydroxyl groups excluding tert-OH is 1. The molecule has 0 amide bonds. The summed E-state index contributed by atoms with van der Waals surface area (Å²) < 4.78 is 38.4. The Morgan fingerprint density at radius 3 is 2.40 bits per heavy atom. The highest BCUT2D eigenvalue weighted by molar-refractivity contribution is 5.85. The fourth-order valence-corrected chi connectivity index (χ4v) is 1.14. The minimum Gasteiger partial charge on any atom is -0.396 e. The van der Waals surface area contributed by atoms with Gasteiger partial charge in [-0.2, -0.15) is 0 Å². The number of hydrogen-bond donors (Lipinski definition) is 2. The standard InChI is InChI=1S/C9H10F3NO.ClH/c10-5-3-6(8(13)1-2-14)9(12)7(11)4-5;/h3-4,8,14H,1-2,13H2;1H/t8-;/m0./s1. The zero-order valence-corrected chi connectivity index (χ0v) is 8.53. The summed E-state index contributed by atoms with van der Waals surface area (Å²) in [5.74, 6) is -3.31. The van der Waals surface area contributed by atoms with E-state index in [1.54, 1.807) is 0 Å². The van der Waals surface area contributed by atoms with Gasteiger partial charge in [0.25, 0.3) is 0 Å². The van der Waals surface area contributed by atoms with Crippen molar-refractivity contribution >= 4 is 12.4 Å². The first-order valence-electron chi connectivity index (χ1n) is 4.07. The Kier molecular flexibility index (Phi) is 5.64. The molecule has 1 rings (SSSR count). The van der Waals surface area contributed by atoms with Gasteiger partial charge in [-0.05, 0) is 12.5 Å². The van der Waals surface area contributed by atoms with E-state index in [1.807, 2.05) is 0 Å². The second-order valence-electron chi connectivity index (χ2n) is 2.91. The summed E-state index contributed by atoms with van der Waals surface area (Å²) in [6.07, 6.45) is 0.0554. The zero-order chi connectivity index (χ0) is 10.7. The summed E-state index contributed by atoms with van der Waals surface area (Å²) in [4.78, 5) is 0. The van der Waals surface area contributed by atoms with E-state index in [-0.39, 0.29) is 31.0 Å². The van der Waals surface area contributed by atoms with Crippen LogP contribution in [0.4, 0.5) is 13.2 Å². The molecule has 0 heterocycles. The van der Waals surface area contributed by atoms with Crippen LogP contribution in [0.15, 0.2) is 12.1 Å². The van der Waals surface area contributed by atoms with Gasteiger partial charge in [0.2, 0.25) is 0 Å². The normalized spacial score (nSPS) is 12.1. The number of rotatable bonds is 3. The summed E-state index contributed by atoms with van der Waals surface area (Å²) in [6.45, 7) is -0.265. The lowest BCUT2D eigenvalue weighted by Gasteiger charge is -2.11. The predicted octanol–water partition coefficient (Wildman–Crippen LogP) is 1.91. The maximum atomic E-state index is 13.1. The first-order valence-corrected chi connectivity index (χ1v) is 4.07. The summed E-state index contributed by atoms with van der Waals surface area (Å²) in [6, 6.07) is 0.383. The van der Waals surface area contributed by atoms with Crippen LogP contribution in [0.2, 0.25) is 0 Å². The van der Waals surface area contributed by atoms with Crippen molar-refractivity contribution in [2.24, 2.45) is 5.73 Å². The third-order valence-corrected chi connectivity index (χ3v) is 1.86. The number of benzene rings is 1. The van der Waals surface area contributed by atoms with Crippen molar-refractivity contribution in [3.63, 3.8) is 0 Å². The Morgan fingerprint density at radius 2 is 1.87 bits per heavy atom. The van der Waals surface area contributed by atoms with Gasteiger partial charge < -0.3 is 10.8 Å². The lowest BCUT2D eigenvalue weighted by Crippen LogP contribution is -2.15. The maximum Gasteiger partial charge on any atom is 0.163 e. The Balaban J connectivity index is 0.00000196. The molecule has 0 saturated carbocycles. The molecule has 6 heteroatoms. The van der Waals surface area contributed by atoms with E-state index in [0.29, 0.717) is 6.07 Å². The summed E-state index contributed by atoms with van der Waals surface area (Å²) in [7, 11) is 0. The van der Waals surface area contributed by atoms with Crippen molar-refractivity contribution in [1.29, 1.82) is 0 Å². The highest BCUT2D eigenvalue weighted by atomic mass is 35.5. The molecule has 0 saturated heterocycles. The van der Waals surface area contributed by atoms with E-state index in [1.165, 1.54) is 0 Å². The molecule has 0 fully saturated rings. The molecule has 3 N–H and O–H groups in total. The van der Waals surface area contributed by atoms with Gasteiger partial charge in [0.05, 0.1) is 0 Å². The molecule has 2 nitrogen and oxygen atoms in total. The molecule has 1 aromatic rings. The van der Waals surface area contributed by atoms with Gasteiger partial charge in [-0.15, -0.1) is 12.4 Å². The van der Waals surface area contributed by atoms with Crippen LogP contribution in [-0.4, -0.2) is 11.7 Å². The monoisotopic (exact) mass is 241 g/mol. The van der Waals surface area contributed by atoms with Crippen LogP contribution in [0.5, 0.6) is 0 Å². The van der Waals surface area contributed by atoms with Crippen LogP contribution >= 0.6 is 12.4 Å². The number of nitrogens with two attached hydrogens (primary N) is 1. The van der Waals surface area contributed by atoms with Crippen molar-refractivity contribution in [2.45, 2.75) is 12.5 Å². The van der Waals surface area contributed by atoms with Crippen LogP contribution in [0, 0.1) is 17.5 Å². The number of hydrogen-bond acceptors (Lipinski definition) is 2. The van der Waals surface area contributed by atoms with Gasteiger partial charge in [0.1, 0.15) is 5.82 Å². The van der Waals surface area contributed by atoms with Gasteiger partial charge in [-0.3, -0.25) is 0 Å². The fourth-order valence-electron chi connectivity index (χ4n) is 1.14. The Labute approximate surface area is 91.3 Å². The van der Waals surface area contributed by atoms with Crippen molar-refractivity contribution < 1.29 is 18.3 Å². The first kappa shape index (κ1) is 14.2. The molecule has 0 bridgehead atoms. The van der Waals surface area contributed by atoms with Crippen molar-refractivity contribution in [3.05, 3.63) is 35.1 Å². The molecule has 0 aliphatic carbocycles. The van der Waals surface area contributed by atoms with Crippen molar-refractivity contribution in [1.82, 2.24) is 0 Å². The lowest BCUT2D eigenvalue weighted by atomic mass is 10.0. The van der Waals surface area contributed by atoms with E-state index < -0.39 is 23.5 Å². The van der Waals surface area contributed by atoms with Gasteiger partial charge >= 0.3 is 0 Å². The lowest BCUT2D eigenvalue weighted by molar-refractivity contribution is 0.275. The van der Waals surface area contributed by atoms with Crippen LogP contribution in [-0.2, 0) is 0 Å². The molecule has 15 heavy (non-hydrogen) atoms. The van der Waals surface area contributed by atoms with Crippen molar-refractivity contribution in [3.8, 4) is 0 Å². The largest absolute Gasteiger partial charge is 0.396 e. The first-order chi connectivity index (χ1) is 6.56. The van der Waals surface area contributed by atoms with Crippen LogP contribution in [0.25, 0.3) is 0 Å². The summed E-state index contributed by atoms with van der Waals surface area (Å²) in [5.41, 5.74) is 5.16. The van der Waals surface area contributed by atoms with Crippen molar-refractivity contribution in [2.75, 3.05) is 6.61 Å². The molecular formula is C9H11ClF3NO. The van der Waals surface area contributed by atoms with Crippen LogP contribution in [0.3, 0.4) is 0 Å². The van der Waals surface area contributed by atoms with E-state index >= 15 is 0 Å². The van der Waals surface area contributed by atoms with E-state index in [0.717, 1.165) is 6.07 Å². The molecule has 86 valence electrons. The SMILES string of the molecule is Cl.N[C@@H](CCO)c1cc(F)cc(F)c1F. The van der Waals surface area contributed by atoms with E-state index in [2.05, 4.69) is 0 Å². The molecule has 0 unspecified atom stereocenters. The Bertz CT molecular complexity index is 335. The Hall–Kier alpha value is -0.780. The molecule has 0 radical (unpaired) electrons. The molecule has 0 aliphatic rings. The predicted molar refractivity (Wildman–Crippen MR) is 52.2 cm³/mol. The van der Waals surface area contributed by atoms with Gasteiger partial charge in [-0.25, -0.2) is 13.2 Å². The topological polar surface area (TPSA) is 46.2 Å². The second-order valence-corrected chi connectivity index (χ2v) is 2.91. The van der Waals surface area contributed by atoms with E-state index in [9.17, 15) is 13.2 Å². The van der Waals surface area contributed by atoms with Gasteiger partial charge in [0, 0.05) is 24.3 Å². The molecule has 1 atom stereocenters. The molecule has 0 aliphatic heterocycles. The average Bonchev–Trinajstić information content (AvgIpc) is 2.11. The third kappa shape index (κ3) is 3.37. The smallest absolute Gasteiger partial charge is 0.163 e. The Morgan fingerprint density at radius 1 is 1.27 bits per heavy atom. The highest BCUT2D eigenvalue weighted by Crippen LogP contribution is 2.21. The zero-order valence-electron chi connectivity index (χ0n) is 7.71.